The number of anilines is 1. The molecule has 0 aliphatic carbocycles. The average Bonchev–Trinajstić information content (AvgIpc) is 2.63. The summed E-state index contributed by atoms with van der Waals surface area (Å²) in [5.41, 5.74) is 0.134. The summed E-state index contributed by atoms with van der Waals surface area (Å²) in [5, 5.41) is 9.34. The van der Waals surface area contributed by atoms with E-state index in [1.54, 1.807) is 0 Å². The molecule has 0 saturated carbocycles. The summed E-state index contributed by atoms with van der Waals surface area (Å²) < 4.78 is 0. The van der Waals surface area contributed by atoms with Crippen LogP contribution in [-0.2, 0) is 0 Å². The van der Waals surface area contributed by atoms with Crippen LogP contribution in [0.2, 0.25) is 5.02 Å². The van der Waals surface area contributed by atoms with Crippen molar-refractivity contribution in [2.75, 3.05) is 18.0 Å². The Morgan fingerprint density at radius 1 is 1.53 bits per heavy atom. The molecule has 0 radical (unpaired) electrons. The molecule has 0 amide bonds. The largest absolute Gasteiger partial charge is 0.478 e. The van der Waals surface area contributed by atoms with Gasteiger partial charge in [0.05, 0.1) is 10.6 Å². The van der Waals surface area contributed by atoms with E-state index in [4.69, 9.17) is 16.7 Å². The van der Waals surface area contributed by atoms with Crippen LogP contribution in [0.5, 0.6) is 0 Å². The quantitative estimate of drug-likeness (QED) is 0.922. The normalized spacial score (nSPS) is 20.1. The lowest BCUT2D eigenvalue weighted by Gasteiger charge is -2.22. The number of carboxylic acid groups (broad SMARTS) is 1. The van der Waals surface area contributed by atoms with Crippen LogP contribution >= 0.6 is 11.6 Å². The zero-order valence-electron chi connectivity index (χ0n) is 11.1. The van der Waals surface area contributed by atoms with Gasteiger partial charge in [-0.3, -0.25) is 0 Å². The molecule has 19 heavy (non-hydrogen) atoms. The van der Waals surface area contributed by atoms with Crippen molar-refractivity contribution in [3.63, 3.8) is 0 Å². The Morgan fingerprint density at radius 2 is 2.32 bits per heavy atom. The summed E-state index contributed by atoms with van der Waals surface area (Å²) in [6.45, 7) is 4.11. The third kappa shape index (κ3) is 3.38. The monoisotopic (exact) mass is 282 g/mol. The number of carboxylic acids is 1. The zero-order valence-corrected chi connectivity index (χ0v) is 11.9. The molecule has 0 spiro atoms. The van der Waals surface area contributed by atoms with Crippen LogP contribution in [0.4, 0.5) is 5.82 Å². The molecule has 1 aromatic rings. The summed E-state index contributed by atoms with van der Waals surface area (Å²) in [6, 6.07) is 1.48. The molecule has 1 aliphatic heterocycles. The number of rotatable bonds is 3. The molecule has 0 bridgehead atoms. The summed E-state index contributed by atoms with van der Waals surface area (Å²) in [4.78, 5) is 17.3. The van der Waals surface area contributed by atoms with E-state index in [2.05, 4.69) is 16.8 Å². The Balaban J connectivity index is 2.15. The van der Waals surface area contributed by atoms with Gasteiger partial charge < -0.3 is 10.0 Å². The van der Waals surface area contributed by atoms with Crippen molar-refractivity contribution in [3.8, 4) is 0 Å². The Labute approximate surface area is 118 Å². The Hall–Kier alpha value is -1.29. The standard InChI is InChI=1S/C14H19ClN2O2/c1-2-10-4-3-6-17(7-5-10)13-12(15)8-11(9-16-13)14(18)19/h8-10H,2-7H2,1H3,(H,18,19). The van der Waals surface area contributed by atoms with Crippen molar-refractivity contribution < 1.29 is 9.90 Å². The summed E-state index contributed by atoms with van der Waals surface area (Å²) in [6.07, 6.45) is 6.13. The van der Waals surface area contributed by atoms with Gasteiger partial charge in [0.15, 0.2) is 0 Å². The van der Waals surface area contributed by atoms with Gasteiger partial charge in [0.1, 0.15) is 5.82 Å². The highest BCUT2D eigenvalue weighted by molar-refractivity contribution is 6.33. The highest BCUT2D eigenvalue weighted by Crippen LogP contribution is 2.28. The number of pyridine rings is 1. The van der Waals surface area contributed by atoms with Crippen molar-refractivity contribution in [2.24, 2.45) is 5.92 Å². The van der Waals surface area contributed by atoms with Gasteiger partial charge in [-0.15, -0.1) is 0 Å². The van der Waals surface area contributed by atoms with E-state index in [9.17, 15) is 4.79 Å². The predicted octanol–water partition coefficient (Wildman–Crippen LogP) is 3.45. The maximum Gasteiger partial charge on any atom is 0.337 e. The number of aromatic carboxylic acids is 1. The van der Waals surface area contributed by atoms with Crippen LogP contribution in [-0.4, -0.2) is 29.1 Å². The van der Waals surface area contributed by atoms with Gasteiger partial charge in [-0.2, -0.15) is 0 Å². The molecule has 1 N–H and O–H groups in total. The van der Waals surface area contributed by atoms with Gasteiger partial charge in [-0.1, -0.05) is 24.9 Å². The second kappa shape index (κ2) is 6.24. The van der Waals surface area contributed by atoms with Gasteiger partial charge >= 0.3 is 5.97 Å². The minimum Gasteiger partial charge on any atom is -0.478 e. The summed E-state index contributed by atoms with van der Waals surface area (Å²) >= 11 is 6.16. The van der Waals surface area contributed by atoms with E-state index in [1.165, 1.54) is 25.1 Å². The Bertz CT molecular complexity index is 465. The molecule has 5 heteroatoms. The lowest BCUT2D eigenvalue weighted by molar-refractivity contribution is 0.0696. The van der Waals surface area contributed by atoms with Crippen molar-refractivity contribution in [3.05, 3.63) is 22.8 Å². The topological polar surface area (TPSA) is 53.4 Å². The average molecular weight is 283 g/mol. The first-order valence-electron chi connectivity index (χ1n) is 6.75. The second-order valence-electron chi connectivity index (χ2n) is 5.03. The van der Waals surface area contributed by atoms with E-state index < -0.39 is 5.97 Å². The van der Waals surface area contributed by atoms with Gasteiger partial charge in [-0.25, -0.2) is 9.78 Å². The first-order valence-corrected chi connectivity index (χ1v) is 7.13. The minimum absolute atomic E-state index is 0.134. The number of aromatic nitrogens is 1. The van der Waals surface area contributed by atoms with Crippen LogP contribution in [0.15, 0.2) is 12.3 Å². The molecule has 1 fully saturated rings. The predicted molar refractivity (Wildman–Crippen MR) is 76.1 cm³/mol. The molecule has 104 valence electrons. The fraction of sp³-hybridized carbons (Fsp3) is 0.571. The van der Waals surface area contributed by atoms with Crippen molar-refractivity contribution >= 4 is 23.4 Å². The van der Waals surface area contributed by atoms with Crippen LogP contribution in [0.1, 0.15) is 43.0 Å². The maximum atomic E-state index is 10.9. The SMILES string of the molecule is CCC1CCCN(c2ncc(C(=O)O)cc2Cl)CC1. The van der Waals surface area contributed by atoms with Gasteiger partial charge in [0.25, 0.3) is 0 Å². The van der Waals surface area contributed by atoms with Crippen LogP contribution in [0.3, 0.4) is 0 Å². The summed E-state index contributed by atoms with van der Waals surface area (Å²) in [7, 11) is 0. The molecular weight excluding hydrogens is 264 g/mol. The van der Waals surface area contributed by atoms with E-state index in [1.807, 2.05) is 0 Å². The number of hydrogen-bond acceptors (Lipinski definition) is 3. The molecule has 1 unspecified atom stereocenters. The van der Waals surface area contributed by atoms with Crippen molar-refractivity contribution in [1.29, 1.82) is 0 Å². The van der Waals surface area contributed by atoms with Gasteiger partial charge in [0, 0.05) is 19.3 Å². The third-order valence-electron chi connectivity index (χ3n) is 3.79. The number of carbonyl (C=O) groups is 1. The van der Waals surface area contributed by atoms with E-state index in [0.29, 0.717) is 10.8 Å². The molecular formula is C14H19ClN2O2. The fourth-order valence-corrected chi connectivity index (χ4v) is 2.85. The maximum absolute atomic E-state index is 10.9. The minimum atomic E-state index is -0.997. The zero-order chi connectivity index (χ0) is 13.8. The van der Waals surface area contributed by atoms with Crippen LogP contribution in [0, 0.1) is 5.92 Å². The van der Waals surface area contributed by atoms with Crippen LogP contribution < -0.4 is 4.90 Å². The molecule has 4 nitrogen and oxygen atoms in total. The molecule has 1 saturated heterocycles. The molecule has 2 heterocycles. The molecule has 2 rings (SSSR count). The van der Waals surface area contributed by atoms with Gasteiger partial charge in [-0.05, 0) is 31.2 Å². The van der Waals surface area contributed by atoms with Crippen molar-refractivity contribution in [2.45, 2.75) is 32.6 Å². The lowest BCUT2D eigenvalue weighted by Crippen LogP contribution is -2.25. The third-order valence-corrected chi connectivity index (χ3v) is 4.07. The highest BCUT2D eigenvalue weighted by atomic mass is 35.5. The van der Waals surface area contributed by atoms with Crippen molar-refractivity contribution in [1.82, 2.24) is 4.98 Å². The molecule has 0 aromatic carbocycles. The smallest absolute Gasteiger partial charge is 0.337 e. The second-order valence-corrected chi connectivity index (χ2v) is 5.43. The molecule has 1 atom stereocenters. The first kappa shape index (κ1) is 14.1. The summed E-state index contributed by atoms with van der Waals surface area (Å²) in [5.74, 6) is 0.494. The number of hydrogen-bond donors (Lipinski definition) is 1. The van der Waals surface area contributed by atoms with E-state index in [-0.39, 0.29) is 5.56 Å². The number of halogens is 1. The lowest BCUT2D eigenvalue weighted by atomic mass is 9.98. The van der Waals surface area contributed by atoms with Gasteiger partial charge in [0.2, 0.25) is 0 Å². The number of nitrogens with zero attached hydrogens (tertiary/aromatic N) is 2. The van der Waals surface area contributed by atoms with E-state index >= 15 is 0 Å². The first-order chi connectivity index (χ1) is 9.11. The Kier molecular flexibility index (Phi) is 4.64. The fourth-order valence-electron chi connectivity index (χ4n) is 2.57. The van der Waals surface area contributed by atoms with E-state index in [0.717, 1.165) is 31.8 Å². The highest BCUT2D eigenvalue weighted by Gasteiger charge is 2.19. The Morgan fingerprint density at radius 3 is 2.95 bits per heavy atom. The molecule has 1 aromatic heterocycles. The van der Waals surface area contributed by atoms with Crippen LogP contribution in [0.25, 0.3) is 0 Å². The molecule has 1 aliphatic rings.